The number of benzene rings is 2. The highest BCUT2D eigenvalue weighted by Gasteiger charge is 2.31. The molecule has 180 valence electrons. The van der Waals surface area contributed by atoms with E-state index < -0.39 is 9.84 Å². The molecule has 1 saturated heterocycles. The van der Waals surface area contributed by atoms with Gasteiger partial charge in [-0.05, 0) is 43.2 Å². The van der Waals surface area contributed by atoms with Crippen molar-refractivity contribution in [2.24, 2.45) is 0 Å². The largest absolute Gasteiger partial charge is 0.457 e. The van der Waals surface area contributed by atoms with Crippen molar-refractivity contribution in [2.75, 3.05) is 12.8 Å². The topological polar surface area (TPSA) is 105 Å². The van der Waals surface area contributed by atoms with Crippen molar-refractivity contribution in [1.29, 1.82) is 0 Å². The molecule has 1 unspecified atom stereocenters. The molecule has 1 aliphatic heterocycles. The summed E-state index contributed by atoms with van der Waals surface area (Å²) >= 11 is 6.24. The van der Waals surface area contributed by atoms with Gasteiger partial charge in [-0.1, -0.05) is 17.7 Å². The lowest BCUT2D eigenvalue weighted by atomic mass is 10.0. The molecule has 1 atom stereocenters. The number of hydrogen-bond acceptors (Lipinski definition) is 6. The first-order valence-corrected chi connectivity index (χ1v) is 13.4. The fraction of sp³-hybridized carbons (Fsp3) is 0.240. The number of amides is 1. The number of nitrogens with zero attached hydrogens (tertiary/aromatic N) is 3. The van der Waals surface area contributed by atoms with Gasteiger partial charge in [-0.25, -0.2) is 13.4 Å². The van der Waals surface area contributed by atoms with Gasteiger partial charge in [0, 0.05) is 43.6 Å². The Morgan fingerprint density at radius 1 is 1.20 bits per heavy atom. The molecule has 3 heterocycles. The van der Waals surface area contributed by atoms with Crippen molar-refractivity contribution in [2.45, 2.75) is 30.7 Å². The molecular weight excluding hydrogens is 488 g/mol. The summed E-state index contributed by atoms with van der Waals surface area (Å²) in [5.41, 5.74) is 3.02. The third kappa shape index (κ3) is 4.61. The average molecular weight is 511 g/mol. The van der Waals surface area contributed by atoms with Crippen LogP contribution in [0.3, 0.4) is 0 Å². The Bertz CT molecular complexity index is 1540. The number of fused-ring (bicyclic) bond motifs is 1. The molecule has 0 aliphatic carbocycles. The number of ether oxygens (including phenoxy) is 1. The molecule has 5 rings (SSSR count). The van der Waals surface area contributed by atoms with Gasteiger partial charge < -0.3 is 14.6 Å². The normalized spacial score (nSPS) is 16.1. The molecule has 1 amide bonds. The summed E-state index contributed by atoms with van der Waals surface area (Å²) in [5, 5.41) is 0.0797. The SMILES string of the molecule is CC(=O)N1CCCC1c1cc2[nH]c(-c3ccccn3)nc2cc1Oc1ccc(S(C)(=O)=O)c(Cl)c1. The molecule has 0 radical (unpaired) electrons. The van der Waals surface area contributed by atoms with Crippen LogP contribution in [0, 0.1) is 0 Å². The number of nitrogens with one attached hydrogen (secondary N) is 1. The summed E-state index contributed by atoms with van der Waals surface area (Å²) in [6, 6.07) is 13.7. The number of aromatic nitrogens is 3. The van der Waals surface area contributed by atoms with Crippen LogP contribution in [-0.2, 0) is 14.6 Å². The second-order valence-electron chi connectivity index (χ2n) is 8.54. The smallest absolute Gasteiger partial charge is 0.219 e. The van der Waals surface area contributed by atoms with Crippen LogP contribution >= 0.6 is 11.6 Å². The molecule has 1 fully saturated rings. The lowest BCUT2D eigenvalue weighted by molar-refractivity contribution is -0.129. The number of halogens is 1. The Hall–Kier alpha value is -3.43. The number of pyridine rings is 1. The van der Waals surface area contributed by atoms with E-state index in [0.717, 1.165) is 30.2 Å². The highest BCUT2D eigenvalue weighted by molar-refractivity contribution is 7.90. The minimum Gasteiger partial charge on any atom is -0.457 e. The number of imidazole rings is 1. The van der Waals surface area contributed by atoms with Crippen molar-refractivity contribution < 1.29 is 17.9 Å². The molecule has 0 saturated carbocycles. The Labute approximate surface area is 207 Å². The molecule has 1 aliphatic rings. The summed E-state index contributed by atoms with van der Waals surface area (Å²) in [5.74, 6) is 1.53. The van der Waals surface area contributed by atoms with Crippen LogP contribution in [-0.4, -0.2) is 47.0 Å². The van der Waals surface area contributed by atoms with Crippen LogP contribution in [0.1, 0.15) is 31.4 Å². The average Bonchev–Trinajstić information content (AvgIpc) is 3.45. The Balaban J connectivity index is 1.61. The predicted octanol–water partition coefficient (Wildman–Crippen LogP) is 5.16. The molecule has 1 N–H and O–H groups in total. The Morgan fingerprint density at radius 2 is 2.03 bits per heavy atom. The lowest BCUT2D eigenvalue weighted by Crippen LogP contribution is -2.28. The van der Waals surface area contributed by atoms with Gasteiger partial charge >= 0.3 is 0 Å². The van der Waals surface area contributed by atoms with Gasteiger partial charge in [0.1, 0.15) is 17.2 Å². The fourth-order valence-corrected chi connectivity index (χ4v) is 5.79. The molecule has 2 aromatic heterocycles. The van der Waals surface area contributed by atoms with Crippen molar-refractivity contribution in [3.8, 4) is 23.0 Å². The zero-order valence-corrected chi connectivity index (χ0v) is 20.7. The van der Waals surface area contributed by atoms with Gasteiger partial charge in [0.05, 0.1) is 27.0 Å². The number of sulfone groups is 1. The number of hydrogen-bond donors (Lipinski definition) is 1. The number of H-pyrrole nitrogens is 1. The Kier molecular flexibility index (Phi) is 5.98. The van der Waals surface area contributed by atoms with Gasteiger partial charge in [0.15, 0.2) is 15.7 Å². The van der Waals surface area contributed by atoms with E-state index in [1.807, 2.05) is 35.2 Å². The van der Waals surface area contributed by atoms with Crippen molar-refractivity contribution >= 4 is 38.4 Å². The van der Waals surface area contributed by atoms with Crippen LogP contribution in [0.4, 0.5) is 0 Å². The second-order valence-corrected chi connectivity index (χ2v) is 10.9. The first kappa shape index (κ1) is 23.3. The molecule has 8 nitrogen and oxygen atoms in total. The maximum absolute atomic E-state index is 12.3. The summed E-state index contributed by atoms with van der Waals surface area (Å²) < 4.78 is 30.1. The third-order valence-corrected chi connectivity index (χ3v) is 7.65. The summed E-state index contributed by atoms with van der Waals surface area (Å²) in [4.78, 5) is 26.6. The van der Waals surface area contributed by atoms with Crippen LogP contribution in [0.15, 0.2) is 59.6 Å². The number of carbonyl (C=O) groups is 1. The monoisotopic (exact) mass is 510 g/mol. The van der Waals surface area contributed by atoms with E-state index >= 15 is 0 Å². The highest BCUT2D eigenvalue weighted by atomic mass is 35.5. The standard InChI is InChI=1S/C25H23ClN4O4S/c1-15(31)30-11-5-7-22(30)17-13-20-21(29-25(28-20)19-6-3-4-10-27-19)14-23(17)34-16-8-9-24(18(26)12-16)35(2,32)33/h3-4,6,8-10,12-14,22H,5,7,11H2,1-2H3,(H,28,29). The van der Waals surface area contributed by atoms with E-state index in [9.17, 15) is 13.2 Å². The van der Waals surface area contributed by atoms with Gasteiger partial charge in [-0.2, -0.15) is 0 Å². The molecule has 2 aromatic carbocycles. The van der Waals surface area contributed by atoms with Crippen molar-refractivity contribution in [3.05, 3.63) is 65.3 Å². The molecule has 4 aromatic rings. The fourth-order valence-electron chi connectivity index (χ4n) is 4.47. The molecule has 0 spiro atoms. The maximum Gasteiger partial charge on any atom is 0.219 e. The van der Waals surface area contributed by atoms with E-state index in [-0.39, 0.29) is 21.9 Å². The van der Waals surface area contributed by atoms with E-state index in [0.29, 0.717) is 35.1 Å². The lowest BCUT2D eigenvalue weighted by Gasteiger charge is -2.25. The zero-order valence-electron chi connectivity index (χ0n) is 19.2. The Morgan fingerprint density at radius 3 is 2.71 bits per heavy atom. The minimum atomic E-state index is -3.47. The second kappa shape index (κ2) is 8.98. The first-order chi connectivity index (χ1) is 16.7. The van der Waals surface area contributed by atoms with Gasteiger partial charge in [0.2, 0.25) is 5.91 Å². The van der Waals surface area contributed by atoms with E-state index in [1.54, 1.807) is 19.2 Å². The molecule has 0 bridgehead atoms. The predicted molar refractivity (Wildman–Crippen MR) is 133 cm³/mol. The number of rotatable bonds is 5. The number of carbonyl (C=O) groups excluding carboxylic acids is 1. The van der Waals surface area contributed by atoms with Gasteiger partial charge in [-0.15, -0.1) is 0 Å². The van der Waals surface area contributed by atoms with Crippen LogP contribution in [0.25, 0.3) is 22.6 Å². The van der Waals surface area contributed by atoms with E-state index in [1.165, 1.54) is 12.1 Å². The molecular formula is C25H23ClN4O4S. The van der Waals surface area contributed by atoms with Gasteiger partial charge in [0.25, 0.3) is 0 Å². The van der Waals surface area contributed by atoms with E-state index in [2.05, 4.69) is 15.0 Å². The van der Waals surface area contributed by atoms with E-state index in [4.69, 9.17) is 16.3 Å². The number of aromatic amines is 1. The quantitative estimate of drug-likeness (QED) is 0.397. The van der Waals surface area contributed by atoms with Crippen molar-refractivity contribution in [1.82, 2.24) is 19.9 Å². The maximum atomic E-state index is 12.3. The van der Waals surface area contributed by atoms with Gasteiger partial charge in [-0.3, -0.25) is 9.78 Å². The minimum absolute atomic E-state index is 0.00196. The first-order valence-electron chi connectivity index (χ1n) is 11.1. The van der Waals surface area contributed by atoms with Crippen LogP contribution in [0.2, 0.25) is 5.02 Å². The van der Waals surface area contributed by atoms with Crippen LogP contribution < -0.4 is 4.74 Å². The summed E-state index contributed by atoms with van der Waals surface area (Å²) in [6.45, 7) is 2.24. The van der Waals surface area contributed by atoms with Crippen molar-refractivity contribution in [3.63, 3.8) is 0 Å². The zero-order chi connectivity index (χ0) is 24.7. The third-order valence-electron chi connectivity index (χ3n) is 6.07. The van der Waals surface area contributed by atoms with Crippen LogP contribution in [0.5, 0.6) is 11.5 Å². The number of likely N-dealkylation sites (tertiary alicyclic amines) is 1. The summed E-state index contributed by atoms with van der Waals surface area (Å²) in [7, 11) is -3.47. The summed E-state index contributed by atoms with van der Waals surface area (Å²) in [6.07, 6.45) is 4.50. The highest BCUT2D eigenvalue weighted by Crippen LogP contribution is 2.41. The molecule has 10 heteroatoms. The molecule has 35 heavy (non-hydrogen) atoms.